The van der Waals surface area contributed by atoms with Gasteiger partial charge in [0.2, 0.25) is 0 Å². The average Bonchev–Trinajstić information content (AvgIpc) is 2.69. The van der Waals surface area contributed by atoms with Crippen molar-refractivity contribution in [2.24, 2.45) is 0 Å². The number of hydrogen-bond acceptors (Lipinski definition) is 2. The molecule has 0 fully saturated rings. The van der Waals surface area contributed by atoms with E-state index in [1.807, 2.05) is 18.2 Å². The molecule has 1 aliphatic rings. The Labute approximate surface area is 105 Å². The lowest BCUT2D eigenvalue weighted by Gasteiger charge is -2.22. The molecule has 3 nitrogen and oxygen atoms in total. The molecule has 2 aromatic heterocycles. The lowest BCUT2D eigenvalue weighted by atomic mass is 9.98. The van der Waals surface area contributed by atoms with Gasteiger partial charge in [0, 0.05) is 12.7 Å². The Bertz CT molecular complexity index is 533. The second-order valence-electron chi connectivity index (χ2n) is 4.52. The zero-order chi connectivity index (χ0) is 11.8. The summed E-state index contributed by atoms with van der Waals surface area (Å²) < 4.78 is 2.22. The second-order valence-corrected chi connectivity index (χ2v) is 4.88. The smallest absolute Gasteiger partial charge is 0.160 e. The fourth-order valence-corrected chi connectivity index (χ4v) is 2.88. The van der Waals surface area contributed by atoms with Crippen LogP contribution in [-0.2, 0) is 6.54 Å². The Balaban J connectivity index is 2.17. The molecular weight excluding hydrogens is 234 g/mol. The minimum atomic E-state index is 0.487. The Hall–Kier alpha value is -1.35. The van der Waals surface area contributed by atoms with Crippen LogP contribution in [0.25, 0.3) is 11.5 Å². The van der Waals surface area contributed by atoms with Gasteiger partial charge in [-0.3, -0.25) is 4.98 Å². The monoisotopic (exact) mass is 247 g/mol. The van der Waals surface area contributed by atoms with Crippen LogP contribution in [-0.4, -0.2) is 14.5 Å². The van der Waals surface area contributed by atoms with Crippen molar-refractivity contribution in [1.82, 2.24) is 14.5 Å². The van der Waals surface area contributed by atoms with Crippen LogP contribution in [0.5, 0.6) is 0 Å². The number of rotatable bonds is 1. The molecule has 0 aliphatic carbocycles. The van der Waals surface area contributed by atoms with Crippen molar-refractivity contribution >= 4 is 11.6 Å². The lowest BCUT2D eigenvalue weighted by Crippen LogP contribution is -2.14. The average molecular weight is 248 g/mol. The van der Waals surface area contributed by atoms with Crippen LogP contribution in [0.1, 0.15) is 31.4 Å². The number of pyridine rings is 1. The maximum absolute atomic E-state index is 6.25. The van der Waals surface area contributed by atoms with Gasteiger partial charge in [-0.1, -0.05) is 24.6 Å². The van der Waals surface area contributed by atoms with Crippen molar-refractivity contribution in [3.05, 3.63) is 35.2 Å². The van der Waals surface area contributed by atoms with E-state index in [0.717, 1.165) is 18.1 Å². The molecule has 3 rings (SSSR count). The van der Waals surface area contributed by atoms with Gasteiger partial charge >= 0.3 is 0 Å². The summed E-state index contributed by atoms with van der Waals surface area (Å²) in [6.07, 6.45) is 4.16. The van der Waals surface area contributed by atoms with E-state index < -0.39 is 0 Å². The highest BCUT2D eigenvalue weighted by atomic mass is 35.5. The van der Waals surface area contributed by atoms with Gasteiger partial charge in [-0.15, -0.1) is 0 Å². The van der Waals surface area contributed by atoms with Gasteiger partial charge in [0.1, 0.15) is 5.69 Å². The number of fused-ring (bicyclic) bond motifs is 1. The van der Waals surface area contributed by atoms with E-state index in [1.54, 1.807) is 6.20 Å². The van der Waals surface area contributed by atoms with Crippen molar-refractivity contribution in [3.8, 4) is 11.5 Å². The van der Waals surface area contributed by atoms with Crippen LogP contribution >= 0.6 is 11.6 Å². The summed E-state index contributed by atoms with van der Waals surface area (Å²) >= 11 is 6.25. The molecule has 3 heterocycles. The molecule has 0 saturated heterocycles. The van der Waals surface area contributed by atoms with Crippen LogP contribution in [0, 0.1) is 0 Å². The first-order valence-electron chi connectivity index (χ1n) is 5.94. The minimum Gasteiger partial charge on any atom is -0.325 e. The first kappa shape index (κ1) is 10.8. The third-order valence-electron chi connectivity index (χ3n) is 3.34. The van der Waals surface area contributed by atoms with Gasteiger partial charge < -0.3 is 4.57 Å². The third kappa shape index (κ3) is 1.75. The molecule has 17 heavy (non-hydrogen) atoms. The van der Waals surface area contributed by atoms with Gasteiger partial charge in [-0.05, 0) is 30.9 Å². The molecule has 0 radical (unpaired) electrons. The molecular formula is C13H14ClN3. The van der Waals surface area contributed by atoms with Crippen molar-refractivity contribution in [2.75, 3.05) is 0 Å². The largest absolute Gasteiger partial charge is 0.325 e. The fourth-order valence-electron chi connectivity index (χ4n) is 2.51. The van der Waals surface area contributed by atoms with E-state index >= 15 is 0 Å². The highest BCUT2D eigenvalue weighted by Gasteiger charge is 2.25. The van der Waals surface area contributed by atoms with Crippen molar-refractivity contribution < 1.29 is 0 Å². The number of nitrogens with zero attached hydrogens (tertiary/aromatic N) is 3. The van der Waals surface area contributed by atoms with Crippen molar-refractivity contribution in [1.29, 1.82) is 0 Å². The summed E-state index contributed by atoms with van der Waals surface area (Å²) in [5.41, 5.74) is 2.06. The van der Waals surface area contributed by atoms with E-state index in [0.29, 0.717) is 11.1 Å². The van der Waals surface area contributed by atoms with Crippen molar-refractivity contribution in [2.45, 2.75) is 32.2 Å². The molecule has 0 bridgehead atoms. The quantitative estimate of drug-likeness (QED) is 0.772. The van der Waals surface area contributed by atoms with Crippen LogP contribution < -0.4 is 0 Å². The molecule has 0 N–H and O–H groups in total. The highest BCUT2D eigenvalue weighted by Crippen LogP contribution is 2.35. The molecule has 0 spiro atoms. The zero-order valence-corrected chi connectivity index (χ0v) is 10.5. The van der Waals surface area contributed by atoms with Crippen molar-refractivity contribution in [3.63, 3.8) is 0 Å². The number of halogens is 1. The summed E-state index contributed by atoms with van der Waals surface area (Å²) in [5, 5.41) is 0.637. The Kier molecular flexibility index (Phi) is 2.63. The Morgan fingerprint density at radius 3 is 3.06 bits per heavy atom. The number of hydrogen-bond donors (Lipinski definition) is 0. The number of aromatic nitrogens is 3. The first-order chi connectivity index (χ1) is 8.27. The van der Waals surface area contributed by atoms with Gasteiger partial charge in [0.25, 0.3) is 0 Å². The number of imidazole rings is 1. The Morgan fingerprint density at radius 2 is 2.29 bits per heavy atom. The van der Waals surface area contributed by atoms with Gasteiger partial charge in [-0.2, -0.15) is 0 Å². The second kappa shape index (κ2) is 4.15. The van der Waals surface area contributed by atoms with Crippen LogP contribution in [0.15, 0.2) is 24.4 Å². The lowest BCUT2D eigenvalue weighted by molar-refractivity contribution is 0.478. The molecule has 4 heteroatoms. The van der Waals surface area contributed by atoms with Gasteiger partial charge in [-0.25, -0.2) is 4.98 Å². The molecule has 0 amide bonds. The van der Waals surface area contributed by atoms with Crippen LogP contribution in [0.4, 0.5) is 0 Å². The van der Waals surface area contributed by atoms with Gasteiger partial charge in [0.05, 0.1) is 5.69 Å². The van der Waals surface area contributed by atoms with E-state index in [-0.39, 0.29) is 0 Å². The van der Waals surface area contributed by atoms with E-state index in [2.05, 4.69) is 21.5 Å². The topological polar surface area (TPSA) is 30.7 Å². The summed E-state index contributed by atoms with van der Waals surface area (Å²) in [6, 6.07) is 5.86. The first-order valence-corrected chi connectivity index (χ1v) is 6.32. The minimum absolute atomic E-state index is 0.487. The predicted octanol–water partition coefficient (Wildman–Crippen LogP) is 3.50. The summed E-state index contributed by atoms with van der Waals surface area (Å²) in [7, 11) is 0. The Morgan fingerprint density at radius 1 is 1.41 bits per heavy atom. The van der Waals surface area contributed by atoms with E-state index in [1.165, 1.54) is 18.5 Å². The zero-order valence-electron chi connectivity index (χ0n) is 9.73. The summed E-state index contributed by atoms with van der Waals surface area (Å²) in [4.78, 5) is 8.83. The maximum atomic E-state index is 6.25. The molecule has 1 unspecified atom stereocenters. The summed E-state index contributed by atoms with van der Waals surface area (Å²) in [6.45, 7) is 3.20. The third-order valence-corrected chi connectivity index (χ3v) is 3.62. The highest BCUT2D eigenvalue weighted by molar-refractivity contribution is 6.30. The van der Waals surface area contributed by atoms with Crippen LogP contribution in [0.3, 0.4) is 0 Å². The molecule has 1 atom stereocenters. The fraction of sp³-hybridized carbons (Fsp3) is 0.385. The predicted molar refractivity (Wildman–Crippen MR) is 68.1 cm³/mol. The van der Waals surface area contributed by atoms with E-state index in [4.69, 9.17) is 11.6 Å². The van der Waals surface area contributed by atoms with Gasteiger partial charge in [0.15, 0.2) is 11.0 Å². The molecule has 0 saturated carbocycles. The molecule has 2 aromatic rings. The SMILES string of the molecule is CC1CCCn2c(-c3ccccn3)nc(Cl)c21. The van der Waals surface area contributed by atoms with Crippen LogP contribution in [0.2, 0.25) is 5.15 Å². The molecule has 1 aliphatic heterocycles. The summed E-state index contributed by atoms with van der Waals surface area (Å²) in [5.74, 6) is 1.39. The maximum Gasteiger partial charge on any atom is 0.160 e. The molecule has 0 aromatic carbocycles. The van der Waals surface area contributed by atoms with E-state index in [9.17, 15) is 0 Å². The normalized spacial score (nSPS) is 19.1. The molecule has 88 valence electrons. The standard InChI is InChI=1S/C13H14ClN3/c1-9-5-4-8-17-11(9)12(14)16-13(17)10-6-2-3-7-15-10/h2-3,6-7,9H,4-5,8H2,1H3.